The number of pyridine rings is 1. The van der Waals surface area contributed by atoms with Gasteiger partial charge >= 0.3 is 0 Å². The van der Waals surface area contributed by atoms with E-state index in [4.69, 9.17) is 0 Å². The molecule has 1 aromatic heterocycles. The molecule has 112 valence electrons. The van der Waals surface area contributed by atoms with Gasteiger partial charge in [-0.05, 0) is 32.4 Å². The fraction of sp³-hybridized carbons (Fsp3) is 0.667. The quantitative estimate of drug-likeness (QED) is 0.862. The maximum absolute atomic E-state index is 9.84. The number of aliphatic hydroxyl groups excluding tert-OH is 1. The third kappa shape index (κ3) is 4.16. The average Bonchev–Trinajstić information content (AvgIpc) is 2.38. The molecule has 1 saturated heterocycles. The van der Waals surface area contributed by atoms with E-state index in [0.29, 0.717) is 6.54 Å². The van der Waals surface area contributed by atoms with Crippen LogP contribution in [0.1, 0.15) is 32.4 Å². The smallest absolute Gasteiger partial charge is 0.128 e. The van der Waals surface area contributed by atoms with Crippen LogP contribution in [0.5, 0.6) is 0 Å². The molecule has 0 aromatic carbocycles. The zero-order valence-electron chi connectivity index (χ0n) is 12.6. The molecule has 5 nitrogen and oxygen atoms in total. The summed E-state index contributed by atoms with van der Waals surface area (Å²) >= 11 is 0. The minimum absolute atomic E-state index is 0.472. The highest BCUT2D eigenvalue weighted by atomic mass is 16.3. The van der Waals surface area contributed by atoms with Crippen molar-refractivity contribution in [3.8, 4) is 0 Å². The summed E-state index contributed by atoms with van der Waals surface area (Å²) in [5.41, 5.74) is 0.203. The van der Waals surface area contributed by atoms with Gasteiger partial charge in [0, 0.05) is 38.9 Å². The number of hydrogen-bond donors (Lipinski definition) is 2. The standard InChI is InChI=1S/C15H25N3O2/c1-12(19)13-4-5-14(16-10-13)18-8-6-17(7-9-18)11-15(2,3)20/h4-5,10,12,19-20H,6-9,11H2,1-3H3/t12-/m1/s1. The van der Waals surface area contributed by atoms with Crippen LogP contribution in [0.4, 0.5) is 5.82 Å². The molecular weight excluding hydrogens is 254 g/mol. The van der Waals surface area contributed by atoms with Gasteiger partial charge < -0.3 is 15.1 Å². The molecular formula is C15H25N3O2. The molecule has 1 aliphatic heterocycles. The third-order valence-corrected chi connectivity index (χ3v) is 3.56. The van der Waals surface area contributed by atoms with E-state index in [1.54, 1.807) is 13.1 Å². The molecule has 0 spiro atoms. The van der Waals surface area contributed by atoms with Crippen LogP contribution in [0, 0.1) is 0 Å². The van der Waals surface area contributed by atoms with Crippen molar-refractivity contribution in [1.82, 2.24) is 9.88 Å². The van der Waals surface area contributed by atoms with Crippen LogP contribution in [0.3, 0.4) is 0 Å². The molecule has 0 bridgehead atoms. The van der Waals surface area contributed by atoms with Crippen LogP contribution in [0.15, 0.2) is 18.3 Å². The number of hydrogen-bond acceptors (Lipinski definition) is 5. The monoisotopic (exact) mass is 279 g/mol. The van der Waals surface area contributed by atoms with Crippen LogP contribution < -0.4 is 4.90 Å². The molecule has 0 saturated carbocycles. The number of nitrogens with zero attached hydrogens (tertiary/aromatic N) is 3. The lowest BCUT2D eigenvalue weighted by molar-refractivity contribution is 0.0344. The molecule has 5 heteroatoms. The summed E-state index contributed by atoms with van der Waals surface area (Å²) in [6.45, 7) is 9.83. The van der Waals surface area contributed by atoms with Gasteiger partial charge in [0.1, 0.15) is 5.82 Å². The molecule has 2 heterocycles. The first-order valence-electron chi connectivity index (χ1n) is 7.19. The van der Waals surface area contributed by atoms with E-state index >= 15 is 0 Å². The van der Waals surface area contributed by atoms with Gasteiger partial charge in [0.2, 0.25) is 0 Å². The predicted molar refractivity (Wildman–Crippen MR) is 79.8 cm³/mol. The highest BCUT2D eigenvalue weighted by molar-refractivity contribution is 5.40. The van der Waals surface area contributed by atoms with E-state index in [1.807, 2.05) is 26.0 Å². The van der Waals surface area contributed by atoms with Gasteiger partial charge in [0.15, 0.2) is 0 Å². The summed E-state index contributed by atoms with van der Waals surface area (Å²) < 4.78 is 0. The van der Waals surface area contributed by atoms with Gasteiger partial charge in [-0.2, -0.15) is 0 Å². The molecule has 20 heavy (non-hydrogen) atoms. The summed E-state index contributed by atoms with van der Waals surface area (Å²) in [5, 5.41) is 19.3. The second-order valence-corrected chi connectivity index (χ2v) is 6.20. The normalized spacial score (nSPS) is 19.1. The van der Waals surface area contributed by atoms with Gasteiger partial charge in [-0.1, -0.05) is 6.07 Å². The van der Waals surface area contributed by atoms with Gasteiger partial charge in [0.25, 0.3) is 0 Å². The lowest BCUT2D eigenvalue weighted by atomic mass is 10.1. The number of aliphatic hydroxyl groups is 2. The van der Waals surface area contributed by atoms with Gasteiger partial charge in [-0.3, -0.25) is 4.90 Å². The largest absolute Gasteiger partial charge is 0.389 e. The molecule has 2 N–H and O–H groups in total. The fourth-order valence-corrected chi connectivity index (χ4v) is 2.51. The van der Waals surface area contributed by atoms with Crippen LogP contribution in [0.25, 0.3) is 0 Å². The Kier molecular flexibility index (Phi) is 4.62. The van der Waals surface area contributed by atoms with E-state index in [9.17, 15) is 10.2 Å². The summed E-state index contributed by atoms with van der Waals surface area (Å²) in [6, 6.07) is 3.89. The Morgan fingerprint density at radius 3 is 2.35 bits per heavy atom. The van der Waals surface area contributed by atoms with Crippen molar-refractivity contribution in [3.05, 3.63) is 23.9 Å². The highest BCUT2D eigenvalue weighted by Crippen LogP contribution is 2.18. The fourth-order valence-electron chi connectivity index (χ4n) is 2.51. The third-order valence-electron chi connectivity index (χ3n) is 3.56. The Balaban J connectivity index is 1.90. The Morgan fingerprint density at radius 1 is 1.25 bits per heavy atom. The maximum Gasteiger partial charge on any atom is 0.128 e. The molecule has 2 rings (SSSR count). The lowest BCUT2D eigenvalue weighted by Gasteiger charge is -2.37. The average molecular weight is 279 g/mol. The topological polar surface area (TPSA) is 59.8 Å². The number of aromatic nitrogens is 1. The van der Waals surface area contributed by atoms with Gasteiger partial charge in [-0.25, -0.2) is 4.98 Å². The first-order chi connectivity index (χ1) is 9.35. The Morgan fingerprint density at radius 2 is 1.90 bits per heavy atom. The first-order valence-corrected chi connectivity index (χ1v) is 7.19. The zero-order chi connectivity index (χ0) is 14.8. The zero-order valence-corrected chi connectivity index (χ0v) is 12.6. The van der Waals surface area contributed by atoms with E-state index in [1.165, 1.54) is 0 Å². The minimum atomic E-state index is -0.640. The Hall–Kier alpha value is -1.17. The van der Waals surface area contributed by atoms with E-state index in [2.05, 4.69) is 14.8 Å². The van der Waals surface area contributed by atoms with Crippen molar-refractivity contribution in [2.24, 2.45) is 0 Å². The second kappa shape index (κ2) is 6.08. The lowest BCUT2D eigenvalue weighted by Crippen LogP contribution is -2.50. The second-order valence-electron chi connectivity index (χ2n) is 6.20. The number of anilines is 1. The molecule has 1 aliphatic rings. The predicted octanol–water partition coefficient (Wildman–Crippen LogP) is 1.03. The molecule has 1 atom stereocenters. The first kappa shape index (κ1) is 15.2. The van der Waals surface area contributed by atoms with Crippen LogP contribution in [-0.2, 0) is 0 Å². The molecule has 0 amide bonds. The molecule has 1 aromatic rings. The number of piperazine rings is 1. The van der Waals surface area contributed by atoms with Crippen molar-refractivity contribution in [2.75, 3.05) is 37.6 Å². The van der Waals surface area contributed by atoms with Crippen LogP contribution >= 0.6 is 0 Å². The summed E-state index contributed by atoms with van der Waals surface area (Å²) in [6.07, 6.45) is 1.27. The number of β-amino-alcohol motifs (C(OH)–C–C–N with tert-alkyl or cyclic N) is 1. The van der Waals surface area contributed by atoms with E-state index in [-0.39, 0.29) is 0 Å². The Bertz CT molecular complexity index is 418. The summed E-state index contributed by atoms with van der Waals surface area (Å²) in [5.74, 6) is 0.956. The highest BCUT2D eigenvalue weighted by Gasteiger charge is 2.23. The summed E-state index contributed by atoms with van der Waals surface area (Å²) in [7, 11) is 0. The van der Waals surface area contributed by atoms with E-state index < -0.39 is 11.7 Å². The molecule has 1 fully saturated rings. The van der Waals surface area contributed by atoms with Crippen molar-refractivity contribution in [2.45, 2.75) is 32.5 Å². The van der Waals surface area contributed by atoms with Crippen molar-refractivity contribution < 1.29 is 10.2 Å². The molecule has 0 radical (unpaired) electrons. The molecule has 0 unspecified atom stereocenters. The van der Waals surface area contributed by atoms with Gasteiger partial charge in [-0.15, -0.1) is 0 Å². The maximum atomic E-state index is 9.84. The number of rotatable bonds is 4. The summed E-state index contributed by atoms with van der Waals surface area (Å²) in [4.78, 5) is 8.94. The van der Waals surface area contributed by atoms with Crippen molar-refractivity contribution in [1.29, 1.82) is 0 Å². The molecule has 0 aliphatic carbocycles. The Labute approximate surface area is 120 Å². The van der Waals surface area contributed by atoms with Crippen molar-refractivity contribution >= 4 is 5.82 Å². The van der Waals surface area contributed by atoms with Gasteiger partial charge in [0.05, 0.1) is 11.7 Å². The minimum Gasteiger partial charge on any atom is -0.389 e. The van der Waals surface area contributed by atoms with Crippen molar-refractivity contribution in [3.63, 3.8) is 0 Å². The van der Waals surface area contributed by atoms with Crippen LogP contribution in [-0.4, -0.2) is 58.4 Å². The van der Waals surface area contributed by atoms with E-state index in [0.717, 1.165) is 37.6 Å². The van der Waals surface area contributed by atoms with Crippen LogP contribution in [0.2, 0.25) is 0 Å². The SMILES string of the molecule is C[C@@H](O)c1ccc(N2CCN(CC(C)(C)O)CC2)nc1.